The van der Waals surface area contributed by atoms with Gasteiger partial charge in [-0.2, -0.15) is 0 Å². The van der Waals surface area contributed by atoms with Gasteiger partial charge in [-0.05, 0) is 48.9 Å². The largest absolute Gasteiger partial charge is 0.497 e. The summed E-state index contributed by atoms with van der Waals surface area (Å²) in [5, 5.41) is 9.15. The molecule has 0 bridgehead atoms. The summed E-state index contributed by atoms with van der Waals surface area (Å²) >= 11 is 0. The van der Waals surface area contributed by atoms with Crippen LogP contribution in [-0.4, -0.2) is 27.7 Å². The van der Waals surface area contributed by atoms with Crippen LogP contribution in [-0.2, 0) is 6.54 Å². The summed E-state index contributed by atoms with van der Waals surface area (Å²) in [6.07, 6.45) is 0.968. The minimum Gasteiger partial charge on any atom is -0.497 e. The molecule has 2 aromatic carbocycles. The molecule has 0 spiro atoms. The van der Waals surface area contributed by atoms with Gasteiger partial charge < -0.3 is 14.4 Å². The number of hydrogen-bond donors (Lipinski definition) is 1. The number of benzene rings is 2. The van der Waals surface area contributed by atoms with E-state index in [4.69, 9.17) is 9.84 Å². The molecule has 23 heavy (non-hydrogen) atoms. The first-order chi connectivity index (χ1) is 11.1. The Morgan fingerprint density at radius 2 is 1.96 bits per heavy atom. The predicted octanol–water partition coefficient (Wildman–Crippen LogP) is 3.82. The number of carboxylic acids is 1. The lowest BCUT2D eigenvalue weighted by Crippen LogP contribution is -2.00. The van der Waals surface area contributed by atoms with Gasteiger partial charge in [-0.15, -0.1) is 0 Å². The van der Waals surface area contributed by atoms with E-state index in [1.807, 2.05) is 30.3 Å². The number of methoxy groups -OCH3 is 1. The van der Waals surface area contributed by atoms with Gasteiger partial charge in [0.25, 0.3) is 0 Å². The van der Waals surface area contributed by atoms with Crippen molar-refractivity contribution in [2.45, 2.75) is 19.9 Å². The van der Waals surface area contributed by atoms with Gasteiger partial charge in [0.05, 0.1) is 23.7 Å². The van der Waals surface area contributed by atoms with E-state index >= 15 is 0 Å². The van der Waals surface area contributed by atoms with Crippen molar-refractivity contribution in [3.8, 4) is 17.1 Å². The van der Waals surface area contributed by atoms with Crippen molar-refractivity contribution in [3.05, 3.63) is 48.0 Å². The number of fused-ring (bicyclic) bond motifs is 1. The average Bonchev–Trinajstić information content (AvgIpc) is 2.93. The van der Waals surface area contributed by atoms with E-state index < -0.39 is 5.97 Å². The Morgan fingerprint density at radius 1 is 1.22 bits per heavy atom. The van der Waals surface area contributed by atoms with Gasteiger partial charge in [-0.3, -0.25) is 0 Å². The molecular formula is C18H18N2O3. The summed E-state index contributed by atoms with van der Waals surface area (Å²) in [7, 11) is 1.63. The Hall–Kier alpha value is -2.82. The van der Waals surface area contributed by atoms with Crippen LogP contribution < -0.4 is 4.74 Å². The van der Waals surface area contributed by atoms with Gasteiger partial charge in [0, 0.05) is 12.1 Å². The van der Waals surface area contributed by atoms with E-state index in [0.29, 0.717) is 5.52 Å². The first kappa shape index (κ1) is 15.1. The topological polar surface area (TPSA) is 64.4 Å². The lowest BCUT2D eigenvalue weighted by atomic mass is 10.2. The third kappa shape index (κ3) is 2.77. The Balaban J connectivity index is 2.17. The molecule has 0 aliphatic carbocycles. The molecule has 0 amide bonds. The molecule has 3 rings (SSSR count). The maximum absolute atomic E-state index is 11.2. The molecule has 1 N–H and O–H groups in total. The first-order valence-electron chi connectivity index (χ1n) is 7.52. The minimum atomic E-state index is -0.942. The summed E-state index contributed by atoms with van der Waals surface area (Å²) in [6, 6.07) is 12.8. The maximum atomic E-state index is 11.2. The van der Waals surface area contributed by atoms with Crippen molar-refractivity contribution in [1.29, 1.82) is 0 Å². The normalized spacial score (nSPS) is 10.9. The third-order valence-corrected chi connectivity index (χ3v) is 3.79. The first-order valence-corrected chi connectivity index (χ1v) is 7.52. The second kappa shape index (κ2) is 6.12. The van der Waals surface area contributed by atoms with Crippen molar-refractivity contribution in [2.24, 2.45) is 0 Å². The molecule has 5 nitrogen and oxygen atoms in total. The highest BCUT2D eigenvalue weighted by molar-refractivity contribution is 5.93. The summed E-state index contributed by atoms with van der Waals surface area (Å²) in [5.74, 6) is 0.690. The van der Waals surface area contributed by atoms with Crippen LogP contribution in [0.1, 0.15) is 23.7 Å². The molecule has 0 aliphatic rings. The molecule has 0 radical (unpaired) electrons. The van der Waals surface area contributed by atoms with Crippen LogP contribution >= 0.6 is 0 Å². The van der Waals surface area contributed by atoms with Crippen molar-refractivity contribution < 1.29 is 14.6 Å². The number of carboxylic acid groups (broad SMARTS) is 1. The summed E-state index contributed by atoms with van der Waals surface area (Å²) in [5.41, 5.74) is 2.87. The standard InChI is InChI=1S/C18H18N2O3/c1-3-10-20-16-9-6-13(18(21)22)11-15(16)19-17(20)12-4-7-14(23-2)8-5-12/h4-9,11H,3,10H2,1-2H3,(H,21,22). The van der Waals surface area contributed by atoms with Gasteiger partial charge in [0.15, 0.2) is 0 Å². The van der Waals surface area contributed by atoms with E-state index in [9.17, 15) is 4.79 Å². The van der Waals surface area contributed by atoms with Crippen LogP contribution in [0.15, 0.2) is 42.5 Å². The number of rotatable bonds is 5. The zero-order valence-corrected chi connectivity index (χ0v) is 13.1. The molecule has 118 valence electrons. The lowest BCUT2D eigenvalue weighted by molar-refractivity contribution is 0.0697. The van der Waals surface area contributed by atoms with Gasteiger partial charge in [0.2, 0.25) is 0 Å². The smallest absolute Gasteiger partial charge is 0.335 e. The van der Waals surface area contributed by atoms with Crippen LogP contribution in [0, 0.1) is 0 Å². The van der Waals surface area contributed by atoms with Crippen molar-refractivity contribution in [1.82, 2.24) is 9.55 Å². The Morgan fingerprint density at radius 3 is 2.57 bits per heavy atom. The van der Waals surface area contributed by atoms with Crippen LogP contribution in [0.3, 0.4) is 0 Å². The zero-order valence-electron chi connectivity index (χ0n) is 13.1. The number of imidazole rings is 1. The Bertz CT molecular complexity index is 851. The van der Waals surface area contributed by atoms with Crippen LogP contribution in [0.25, 0.3) is 22.4 Å². The second-order valence-corrected chi connectivity index (χ2v) is 5.32. The molecule has 0 fully saturated rings. The highest BCUT2D eigenvalue weighted by atomic mass is 16.5. The van der Waals surface area contributed by atoms with E-state index in [2.05, 4.69) is 16.5 Å². The molecule has 0 unspecified atom stereocenters. The van der Waals surface area contributed by atoms with Crippen LogP contribution in [0.5, 0.6) is 5.75 Å². The Labute approximate surface area is 134 Å². The van der Waals surface area contributed by atoms with E-state index in [-0.39, 0.29) is 5.56 Å². The molecular weight excluding hydrogens is 292 g/mol. The number of aromatic nitrogens is 2. The molecule has 0 atom stereocenters. The zero-order chi connectivity index (χ0) is 16.4. The quantitative estimate of drug-likeness (QED) is 0.778. The maximum Gasteiger partial charge on any atom is 0.335 e. The number of aryl methyl sites for hydroxylation is 1. The molecule has 3 aromatic rings. The number of ether oxygens (including phenoxy) is 1. The van der Waals surface area contributed by atoms with Gasteiger partial charge in [0.1, 0.15) is 11.6 Å². The molecule has 0 saturated carbocycles. The number of nitrogens with zero attached hydrogens (tertiary/aromatic N) is 2. The van der Waals surface area contributed by atoms with E-state index in [1.54, 1.807) is 19.2 Å². The van der Waals surface area contributed by atoms with Crippen LogP contribution in [0.4, 0.5) is 0 Å². The highest BCUT2D eigenvalue weighted by Gasteiger charge is 2.14. The molecule has 0 aliphatic heterocycles. The molecule has 5 heteroatoms. The Kier molecular flexibility index (Phi) is 4.02. The average molecular weight is 310 g/mol. The number of carbonyl (C=O) groups is 1. The highest BCUT2D eigenvalue weighted by Crippen LogP contribution is 2.27. The van der Waals surface area contributed by atoms with Gasteiger partial charge >= 0.3 is 5.97 Å². The van der Waals surface area contributed by atoms with Crippen molar-refractivity contribution >= 4 is 17.0 Å². The summed E-state index contributed by atoms with van der Waals surface area (Å²) < 4.78 is 7.32. The lowest BCUT2D eigenvalue weighted by Gasteiger charge is -2.08. The van der Waals surface area contributed by atoms with Gasteiger partial charge in [-0.25, -0.2) is 9.78 Å². The van der Waals surface area contributed by atoms with Crippen molar-refractivity contribution in [2.75, 3.05) is 7.11 Å². The fourth-order valence-electron chi connectivity index (χ4n) is 2.67. The van der Waals surface area contributed by atoms with Crippen molar-refractivity contribution in [3.63, 3.8) is 0 Å². The SMILES string of the molecule is CCCn1c(-c2ccc(OC)cc2)nc2cc(C(=O)O)ccc21. The fraction of sp³-hybridized carbons (Fsp3) is 0.222. The predicted molar refractivity (Wildman–Crippen MR) is 89.0 cm³/mol. The monoisotopic (exact) mass is 310 g/mol. The summed E-state index contributed by atoms with van der Waals surface area (Å²) in [6.45, 7) is 2.93. The second-order valence-electron chi connectivity index (χ2n) is 5.32. The summed E-state index contributed by atoms with van der Waals surface area (Å²) in [4.78, 5) is 15.8. The van der Waals surface area contributed by atoms with Crippen LogP contribution in [0.2, 0.25) is 0 Å². The fourth-order valence-corrected chi connectivity index (χ4v) is 2.67. The van der Waals surface area contributed by atoms with Gasteiger partial charge in [-0.1, -0.05) is 6.92 Å². The minimum absolute atomic E-state index is 0.250. The molecule has 1 heterocycles. The third-order valence-electron chi connectivity index (χ3n) is 3.79. The van der Waals surface area contributed by atoms with E-state index in [1.165, 1.54) is 0 Å². The number of aromatic carboxylic acids is 1. The van der Waals surface area contributed by atoms with E-state index in [0.717, 1.165) is 35.6 Å². The molecule has 0 saturated heterocycles. The molecule has 1 aromatic heterocycles. The number of hydrogen-bond acceptors (Lipinski definition) is 3.